The predicted octanol–water partition coefficient (Wildman–Crippen LogP) is 3.31. The Morgan fingerprint density at radius 1 is 1.04 bits per heavy atom. The third-order valence-corrected chi connectivity index (χ3v) is 4.89. The molecular weight excluding hydrogens is 338 g/mol. The van der Waals surface area contributed by atoms with E-state index in [2.05, 4.69) is 34.6 Å². The van der Waals surface area contributed by atoms with E-state index in [0.29, 0.717) is 11.6 Å². The average Bonchev–Trinajstić information content (AvgIpc) is 2.68. The summed E-state index contributed by atoms with van der Waals surface area (Å²) in [6.07, 6.45) is 3.05. The highest BCUT2D eigenvalue weighted by Gasteiger charge is 2.25. The number of amides is 2. The van der Waals surface area contributed by atoms with E-state index in [9.17, 15) is 9.59 Å². The summed E-state index contributed by atoms with van der Waals surface area (Å²) in [6.45, 7) is 5.26. The van der Waals surface area contributed by atoms with Gasteiger partial charge in [0.25, 0.3) is 11.8 Å². The molecule has 2 heterocycles. The molecule has 0 atom stereocenters. The second-order valence-electron chi connectivity index (χ2n) is 7.46. The summed E-state index contributed by atoms with van der Waals surface area (Å²) in [6, 6.07) is 15.6. The van der Waals surface area contributed by atoms with E-state index >= 15 is 0 Å². The van der Waals surface area contributed by atoms with Crippen LogP contribution in [0.25, 0.3) is 0 Å². The Morgan fingerprint density at radius 3 is 2.37 bits per heavy atom. The van der Waals surface area contributed by atoms with Gasteiger partial charge < -0.3 is 10.2 Å². The molecule has 1 saturated heterocycles. The van der Waals surface area contributed by atoms with E-state index in [0.717, 1.165) is 32.4 Å². The van der Waals surface area contributed by atoms with Crippen LogP contribution in [0.3, 0.4) is 0 Å². The van der Waals surface area contributed by atoms with E-state index in [-0.39, 0.29) is 23.6 Å². The zero-order chi connectivity index (χ0) is 19.2. The van der Waals surface area contributed by atoms with E-state index in [4.69, 9.17) is 0 Å². The lowest BCUT2D eigenvalue weighted by Gasteiger charge is -2.32. The van der Waals surface area contributed by atoms with Gasteiger partial charge in [0.15, 0.2) is 0 Å². The third-order valence-electron chi connectivity index (χ3n) is 4.89. The maximum absolute atomic E-state index is 12.8. The molecule has 2 aromatic rings. The normalized spacial score (nSPS) is 15.0. The van der Waals surface area contributed by atoms with Crippen LogP contribution in [0, 0.1) is 5.92 Å². The van der Waals surface area contributed by atoms with Crippen LogP contribution in [-0.4, -0.2) is 40.8 Å². The smallest absolute Gasteiger partial charge is 0.272 e. The molecule has 0 radical (unpaired) electrons. The molecule has 5 heteroatoms. The number of hydrogen-bond acceptors (Lipinski definition) is 3. The fourth-order valence-corrected chi connectivity index (χ4v) is 3.47. The first-order chi connectivity index (χ1) is 13.0. The molecule has 1 aliphatic rings. The van der Waals surface area contributed by atoms with Crippen molar-refractivity contribution in [1.29, 1.82) is 0 Å². The van der Waals surface area contributed by atoms with Crippen LogP contribution < -0.4 is 5.32 Å². The molecular formula is C22H27N3O2. The molecule has 1 aromatic heterocycles. The summed E-state index contributed by atoms with van der Waals surface area (Å²) < 4.78 is 0. The standard InChI is InChI=1S/C22H27N3O2/c1-16(2)23-21(26)19-9-6-10-20(24-19)22(27)25-13-11-18(12-14-25)15-17-7-4-3-5-8-17/h3-10,16,18H,11-15H2,1-2H3,(H,23,26). The van der Waals surface area contributed by atoms with Gasteiger partial charge in [-0.3, -0.25) is 9.59 Å². The minimum atomic E-state index is -0.249. The zero-order valence-corrected chi connectivity index (χ0v) is 16.0. The summed E-state index contributed by atoms with van der Waals surface area (Å²) in [5, 5.41) is 2.81. The number of carbonyl (C=O) groups excluding carboxylic acids is 2. The topological polar surface area (TPSA) is 62.3 Å². The summed E-state index contributed by atoms with van der Waals surface area (Å²) in [7, 11) is 0. The van der Waals surface area contributed by atoms with Gasteiger partial charge in [-0.15, -0.1) is 0 Å². The van der Waals surface area contributed by atoms with Crippen LogP contribution in [0.2, 0.25) is 0 Å². The third kappa shape index (κ3) is 5.16. The van der Waals surface area contributed by atoms with E-state index < -0.39 is 0 Å². The van der Waals surface area contributed by atoms with Gasteiger partial charge in [0, 0.05) is 19.1 Å². The highest BCUT2D eigenvalue weighted by Crippen LogP contribution is 2.22. The van der Waals surface area contributed by atoms with Crippen molar-refractivity contribution in [3.63, 3.8) is 0 Å². The second-order valence-corrected chi connectivity index (χ2v) is 7.46. The Kier molecular flexibility index (Phi) is 6.22. The summed E-state index contributed by atoms with van der Waals surface area (Å²) in [5.41, 5.74) is 1.98. The largest absolute Gasteiger partial charge is 0.349 e. The quantitative estimate of drug-likeness (QED) is 0.884. The molecule has 0 spiro atoms. The molecule has 1 aliphatic heterocycles. The number of carbonyl (C=O) groups is 2. The lowest BCUT2D eigenvalue weighted by Crippen LogP contribution is -2.39. The van der Waals surface area contributed by atoms with Crippen LogP contribution in [0.5, 0.6) is 0 Å². The fourth-order valence-electron chi connectivity index (χ4n) is 3.47. The first-order valence-electron chi connectivity index (χ1n) is 9.64. The SMILES string of the molecule is CC(C)NC(=O)c1cccc(C(=O)N2CCC(Cc3ccccc3)CC2)n1. The van der Waals surface area contributed by atoms with Crippen molar-refractivity contribution in [2.24, 2.45) is 5.92 Å². The Balaban J connectivity index is 1.58. The molecule has 5 nitrogen and oxygen atoms in total. The van der Waals surface area contributed by atoms with Crippen LogP contribution in [0.15, 0.2) is 48.5 Å². The van der Waals surface area contributed by atoms with Crippen molar-refractivity contribution in [3.05, 3.63) is 65.5 Å². The van der Waals surface area contributed by atoms with Crippen molar-refractivity contribution < 1.29 is 9.59 Å². The second kappa shape index (κ2) is 8.80. The van der Waals surface area contributed by atoms with Crippen LogP contribution in [0.4, 0.5) is 0 Å². The maximum atomic E-state index is 12.8. The van der Waals surface area contributed by atoms with Gasteiger partial charge in [0.2, 0.25) is 0 Å². The van der Waals surface area contributed by atoms with Crippen molar-refractivity contribution >= 4 is 11.8 Å². The number of benzene rings is 1. The fraction of sp³-hybridized carbons (Fsp3) is 0.409. The molecule has 1 N–H and O–H groups in total. The lowest BCUT2D eigenvalue weighted by atomic mass is 9.90. The monoisotopic (exact) mass is 365 g/mol. The molecule has 0 saturated carbocycles. The van der Waals surface area contributed by atoms with Gasteiger partial charge in [0.1, 0.15) is 11.4 Å². The molecule has 1 aromatic carbocycles. The summed E-state index contributed by atoms with van der Waals surface area (Å²) >= 11 is 0. The summed E-state index contributed by atoms with van der Waals surface area (Å²) in [5.74, 6) is 0.265. The minimum Gasteiger partial charge on any atom is -0.349 e. The van der Waals surface area contributed by atoms with Crippen molar-refractivity contribution in [2.75, 3.05) is 13.1 Å². The number of aromatic nitrogens is 1. The number of nitrogens with one attached hydrogen (secondary N) is 1. The Labute approximate surface area is 160 Å². The van der Waals surface area contributed by atoms with Gasteiger partial charge >= 0.3 is 0 Å². The van der Waals surface area contributed by atoms with Crippen LogP contribution in [-0.2, 0) is 6.42 Å². The van der Waals surface area contributed by atoms with Gasteiger partial charge in [-0.25, -0.2) is 4.98 Å². The van der Waals surface area contributed by atoms with Gasteiger partial charge in [-0.05, 0) is 56.7 Å². The molecule has 0 bridgehead atoms. The van der Waals surface area contributed by atoms with Gasteiger partial charge in [0.05, 0.1) is 0 Å². The number of hydrogen-bond donors (Lipinski definition) is 1. The zero-order valence-electron chi connectivity index (χ0n) is 16.0. The summed E-state index contributed by atoms with van der Waals surface area (Å²) in [4.78, 5) is 31.1. The molecule has 1 fully saturated rings. The highest BCUT2D eigenvalue weighted by molar-refractivity contribution is 5.96. The van der Waals surface area contributed by atoms with Crippen molar-refractivity contribution in [1.82, 2.24) is 15.2 Å². The van der Waals surface area contributed by atoms with E-state index in [1.807, 2.05) is 24.8 Å². The highest BCUT2D eigenvalue weighted by atomic mass is 16.2. The number of nitrogens with zero attached hydrogens (tertiary/aromatic N) is 2. The minimum absolute atomic E-state index is 0.0299. The number of likely N-dealkylation sites (tertiary alicyclic amines) is 1. The Hall–Kier alpha value is -2.69. The first-order valence-corrected chi connectivity index (χ1v) is 9.64. The van der Waals surface area contributed by atoms with Crippen LogP contribution in [0.1, 0.15) is 53.2 Å². The molecule has 27 heavy (non-hydrogen) atoms. The molecule has 0 unspecified atom stereocenters. The lowest BCUT2D eigenvalue weighted by molar-refractivity contribution is 0.0684. The van der Waals surface area contributed by atoms with Crippen LogP contribution >= 0.6 is 0 Å². The number of piperidine rings is 1. The first kappa shape index (κ1) is 19.1. The average molecular weight is 365 g/mol. The van der Waals surface area contributed by atoms with Gasteiger partial charge in [-0.1, -0.05) is 36.4 Å². The molecule has 142 valence electrons. The Morgan fingerprint density at radius 2 is 1.70 bits per heavy atom. The molecule has 2 amide bonds. The van der Waals surface area contributed by atoms with E-state index in [1.165, 1.54) is 5.56 Å². The maximum Gasteiger partial charge on any atom is 0.272 e. The number of pyridine rings is 1. The molecule has 0 aliphatic carbocycles. The molecule has 3 rings (SSSR count). The Bertz CT molecular complexity index is 781. The van der Waals surface area contributed by atoms with Gasteiger partial charge in [-0.2, -0.15) is 0 Å². The van der Waals surface area contributed by atoms with Crippen molar-refractivity contribution in [3.8, 4) is 0 Å². The van der Waals surface area contributed by atoms with E-state index in [1.54, 1.807) is 18.2 Å². The predicted molar refractivity (Wildman–Crippen MR) is 106 cm³/mol. The number of rotatable bonds is 5. The van der Waals surface area contributed by atoms with Crippen molar-refractivity contribution in [2.45, 2.75) is 39.2 Å².